The van der Waals surface area contributed by atoms with E-state index in [9.17, 15) is 9.90 Å². The molecule has 3 nitrogen and oxygen atoms in total. The van der Waals surface area contributed by atoms with Crippen molar-refractivity contribution in [1.82, 2.24) is 0 Å². The molecule has 0 bridgehead atoms. The quantitative estimate of drug-likeness (QED) is 0.833. The fourth-order valence-corrected chi connectivity index (χ4v) is 2.34. The molecular weight excluding hydrogens is 228 g/mol. The zero-order valence-electron chi connectivity index (χ0n) is 10.6. The molecule has 1 aliphatic carbocycles. The van der Waals surface area contributed by atoms with Gasteiger partial charge in [0.2, 0.25) is 0 Å². The number of Topliss-reactive ketones (excluding diaryl/α,β-unsaturated/α-hetero) is 1. The molecule has 1 fully saturated rings. The van der Waals surface area contributed by atoms with Crippen molar-refractivity contribution in [2.75, 3.05) is 13.7 Å². The van der Waals surface area contributed by atoms with E-state index in [4.69, 9.17) is 4.74 Å². The van der Waals surface area contributed by atoms with Crippen molar-refractivity contribution in [3.63, 3.8) is 0 Å². The molecule has 1 aliphatic rings. The van der Waals surface area contributed by atoms with Gasteiger partial charge in [0.05, 0.1) is 13.7 Å². The summed E-state index contributed by atoms with van der Waals surface area (Å²) in [5, 5.41) is 9.34. The average Bonchev–Trinajstić information content (AvgIpc) is 2.41. The van der Waals surface area contributed by atoms with Crippen molar-refractivity contribution in [2.24, 2.45) is 5.92 Å². The number of ketones is 1. The van der Waals surface area contributed by atoms with Gasteiger partial charge < -0.3 is 9.84 Å². The van der Waals surface area contributed by atoms with Gasteiger partial charge in [-0.3, -0.25) is 4.79 Å². The van der Waals surface area contributed by atoms with Crippen LogP contribution in [0.25, 0.3) is 6.08 Å². The van der Waals surface area contributed by atoms with E-state index >= 15 is 0 Å². The Hall–Kier alpha value is -1.61. The number of benzene rings is 1. The predicted octanol–water partition coefficient (Wildman–Crippen LogP) is 2.44. The van der Waals surface area contributed by atoms with Crippen LogP contribution in [-0.2, 0) is 4.79 Å². The molecule has 1 saturated carbocycles. The molecular formula is C15H18O3. The predicted molar refractivity (Wildman–Crippen MR) is 70.4 cm³/mol. The van der Waals surface area contributed by atoms with Crippen LogP contribution >= 0.6 is 0 Å². The second kappa shape index (κ2) is 5.83. The monoisotopic (exact) mass is 246 g/mol. The summed E-state index contributed by atoms with van der Waals surface area (Å²) in [4.78, 5) is 11.9. The number of aliphatic hydroxyl groups excluding tert-OH is 1. The highest BCUT2D eigenvalue weighted by Gasteiger charge is 2.24. The van der Waals surface area contributed by atoms with Gasteiger partial charge >= 0.3 is 0 Å². The molecule has 0 amide bonds. The molecule has 96 valence electrons. The molecule has 2 rings (SSSR count). The topological polar surface area (TPSA) is 46.5 Å². The average molecular weight is 246 g/mol. The molecule has 1 atom stereocenters. The molecule has 1 N–H and O–H groups in total. The van der Waals surface area contributed by atoms with Crippen LogP contribution in [0.1, 0.15) is 24.8 Å². The Labute approximate surface area is 107 Å². The highest BCUT2D eigenvalue weighted by Crippen LogP contribution is 2.28. The Bertz CT molecular complexity index is 463. The summed E-state index contributed by atoms with van der Waals surface area (Å²) < 4.78 is 5.16. The van der Waals surface area contributed by atoms with Gasteiger partial charge in [0.25, 0.3) is 0 Å². The number of hydrogen-bond donors (Lipinski definition) is 1. The lowest BCUT2D eigenvalue weighted by Crippen LogP contribution is -2.21. The van der Waals surface area contributed by atoms with Crippen LogP contribution in [0.2, 0.25) is 0 Å². The van der Waals surface area contributed by atoms with Gasteiger partial charge in [-0.1, -0.05) is 12.1 Å². The van der Waals surface area contributed by atoms with Crippen molar-refractivity contribution in [3.05, 3.63) is 35.4 Å². The normalized spacial score (nSPS) is 22.2. The van der Waals surface area contributed by atoms with Crippen LogP contribution in [0.15, 0.2) is 29.8 Å². The Morgan fingerprint density at radius 2 is 2.33 bits per heavy atom. The molecule has 0 aromatic heterocycles. The van der Waals surface area contributed by atoms with Crippen LogP contribution in [0.4, 0.5) is 0 Å². The Morgan fingerprint density at radius 1 is 1.50 bits per heavy atom. The van der Waals surface area contributed by atoms with Gasteiger partial charge in [-0.25, -0.2) is 0 Å². The molecule has 3 heteroatoms. The lowest BCUT2D eigenvalue weighted by atomic mass is 9.83. The fraction of sp³-hybridized carbons (Fsp3) is 0.400. The summed E-state index contributed by atoms with van der Waals surface area (Å²) in [6.07, 6.45) is 4.23. The number of carbonyl (C=O) groups is 1. The molecule has 0 radical (unpaired) electrons. The first-order chi connectivity index (χ1) is 8.74. The Balaban J connectivity index is 2.31. The second-order valence-electron chi connectivity index (χ2n) is 4.57. The second-order valence-corrected chi connectivity index (χ2v) is 4.57. The minimum atomic E-state index is -0.0162. The SMILES string of the molecule is COc1cccc(/C=C2\C(=O)CCCC2CO)c1. The molecule has 0 aliphatic heterocycles. The van der Waals surface area contributed by atoms with Crippen molar-refractivity contribution >= 4 is 11.9 Å². The summed E-state index contributed by atoms with van der Waals surface area (Å²) in [5.74, 6) is 0.911. The number of methoxy groups -OCH3 is 1. The standard InChI is InChI=1S/C15H18O3/c1-18-13-6-2-4-11(8-13)9-14-12(10-16)5-3-7-15(14)17/h2,4,6,8-9,12,16H,3,5,7,10H2,1H3/b14-9-. The minimum Gasteiger partial charge on any atom is -0.497 e. The van der Waals surface area contributed by atoms with Crippen LogP contribution in [0, 0.1) is 5.92 Å². The third kappa shape index (κ3) is 2.79. The van der Waals surface area contributed by atoms with Crippen molar-refractivity contribution < 1.29 is 14.6 Å². The lowest BCUT2D eigenvalue weighted by Gasteiger charge is -2.22. The highest BCUT2D eigenvalue weighted by molar-refractivity contribution is 6.00. The number of hydrogen-bond acceptors (Lipinski definition) is 3. The molecule has 0 heterocycles. The van der Waals surface area contributed by atoms with E-state index < -0.39 is 0 Å². The zero-order chi connectivity index (χ0) is 13.0. The summed E-state index contributed by atoms with van der Waals surface area (Å²) in [6, 6.07) is 7.59. The first-order valence-electron chi connectivity index (χ1n) is 6.24. The maximum atomic E-state index is 11.9. The van der Waals surface area contributed by atoms with Crippen LogP contribution in [-0.4, -0.2) is 24.6 Å². The molecule has 18 heavy (non-hydrogen) atoms. The van der Waals surface area contributed by atoms with E-state index in [0.717, 1.165) is 29.7 Å². The van der Waals surface area contributed by atoms with Crippen molar-refractivity contribution in [2.45, 2.75) is 19.3 Å². The molecule has 0 saturated heterocycles. The van der Waals surface area contributed by atoms with Gasteiger partial charge in [-0.15, -0.1) is 0 Å². The molecule has 1 aromatic rings. The van der Waals surface area contributed by atoms with E-state index in [2.05, 4.69) is 0 Å². The van der Waals surface area contributed by atoms with Gasteiger partial charge in [-0.05, 0) is 36.6 Å². The summed E-state index contributed by atoms with van der Waals surface area (Å²) in [5.41, 5.74) is 1.69. The molecule has 0 spiro atoms. The van der Waals surface area contributed by atoms with E-state index in [0.29, 0.717) is 6.42 Å². The molecule has 1 aromatic carbocycles. The van der Waals surface area contributed by atoms with Gasteiger partial charge in [0.1, 0.15) is 5.75 Å². The van der Waals surface area contributed by atoms with E-state index in [1.54, 1.807) is 7.11 Å². The summed E-state index contributed by atoms with van der Waals surface area (Å²) >= 11 is 0. The molecule has 1 unspecified atom stereocenters. The van der Waals surface area contributed by atoms with Crippen LogP contribution < -0.4 is 4.74 Å². The number of ether oxygens (including phenoxy) is 1. The highest BCUT2D eigenvalue weighted by atomic mass is 16.5. The third-order valence-electron chi connectivity index (χ3n) is 3.35. The maximum absolute atomic E-state index is 11.9. The van der Waals surface area contributed by atoms with Gasteiger partial charge in [-0.2, -0.15) is 0 Å². The smallest absolute Gasteiger partial charge is 0.159 e. The number of aliphatic hydroxyl groups is 1. The van der Waals surface area contributed by atoms with Crippen molar-refractivity contribution in [1.29, 1.82) is 0 Å². The maximum Gasteiger partial charge on any atom is 0.159 e. The largest absolute Gasteiger partial charge is 0.497 e. The van der Waals surface area contributed by atoms with E-state index in [1.165, 1.54) is 0 Å². The van der Waals surface area contributed by atoms with E-state index in [-0.39, 0.29) is 18.3 Å². The minimum absolute atomic E-state index is 0.0162. The Kier molecular flexibility index (Phi) is 4.15. The van der Waals surface area contributed by atoms with Crippen molar-refractivity contribution in [3.8, 4) is 5.75 Å². The van der Waals surface area contributed by atoms with Gasteiger partial charge in [0.15, 0.2) is 5.78 Å². The van der Waals surface area contributed by atoms with Crippen LogP contribution in [0.3, 0.4) is 0 Å². The first-order valence-corrected chi connectivity index (χ1v) is 6.24. The summed E-state index contributed by atoms with van der Waals surface area (Å²) in [6.45, 7) is 0.0432. The number of rotatable bonds is 3. The number of carbonyl (C=O) groups excluding carboxylic acids is 1. The lowest BCUT2D eigenvalue weighted by molar-refractivity contribution is -0.117. The Morgan fingerprint density at radius 3 is 3.06 bits per heavy atom. The third-order valence-corrected chi connectivity index (χ3v) is 3.35. The zero-order valence-corrected chi connectivity index (χ0v) is 10.6. The fourth-order valence-electron chi connectivity index (χ4n) is 2.34. The van der Waals surface area contributed by atoms with E-state index in [1.807, 2.05) is 30.3 Å². The van der Waals surface area contributed by atoms with Crippen LogP contribution in [0.5, 0.6) is 5.75 Å². The summed E-state index contributed by atoms with van der Waals surface area (Å²) in [7, 11) is 1.62. The van der Waals surface area contributed by atoms with Gasteiger partial charge in [0, 0.05) is 17.9 Å². The first kappa shape index (κ1) is 12.8.